The third-order valence-electron chi connectivity index (χ3n) is 3.67. The summed E-state index contributed by atoms with van der Waals surface area (Å²) in [7, 11) is 0. The first-order chi connectivity index (χ1) is 12.3. The van der Waals surface area contributed by atoms with Gasteiger partial charge in [-0.2, -0.15) is 0 Å². The molecule has 0 atom stereocenters. The Morgan fingerprint density at radius 1 is 1.08 bits per heavy atom. The van der Waals surface area contributed by atoms with Crippen LogP contribution in [0.15, 0.2) is 53.3 Å². The second-order valence-electron chi connectivity index (χ2n) is 5.45. The molecule has 1 aromatic heterocycles. The summed E-state index contributed by atoms with van der Waals surface area (Å²) in [4.78, 5) is 37.5. The van der Waals surface area contributed by atoms with Gasteiger partial charge in [-0.1, -0.05) is 12.1 Å². The van der Waals surface area contributed by atoms with E-state index in [9.17, 15) is 14.4 Å². The number of fused-ring (bicyclic) bond motifs is 1. The number of amidine groups is 1. The smallest absolute Gasteiger partial charge is 0.343 e. The van der Waals surface area contributed by atoms with Gasteiger partial charge in [0.2, 0.25) is 0 Å². The number of aromatic carboxylic acids is 1. The largest absolute Gasteiger partial charge is 0.477 e. The van der Waals surface area contributed by atoms with E-state index in [-0.39, 0.29) is 17.1 Å². The van der Waals surface area contributed by atoms with Crippen molar-refractivity contribution in [2.75, 3.05) is 0 Å². The van der Waals surface area contributed by atoms with Gasteiger partial charge in [0, 0.05) is 16.5 Å². The van der Waals surface area contributed by atoms with E-state index >= 15 is 0 Å². The van der Waals surface area contributed by atoms with Crippen molar-refractivity contribution in [3.8, 4) is 5.75 Å². The molecule has 0 aliphatic carbocycles. The lowest BCUT2D eigenvalue weighted by atomic mass is 10.1. The zero-order chi connectivity index (χ0) is 18.8. The van der Waals surface area contributed by atoms with Crippen molar-refractivity contribution >= 4 is 28.7 Å². The second-order valence-corrected chi connectivity index (χ2v) is 5.45. The van der Waals surface area contributed by atoms with E-state index in [1.807, 2.05) is 0 Å². The molecule has 0 bridgehead atoms. The quantitative estimate of drug-likeness (QED) is 0.244. The predicted octanol–water partition coefficient (Wildman–Crippen LogP) is 1.73. The van der Waals surface area contributed by atoms with E-state index in [0.717, 1.165) is 0 Å². The number of aromatic nitrogens is 1. The number of nitrogens with two attached hydrogens (primary N) is 1. The lowest BCUT2D eigenvalue weighted by molar-refractivity contribution is 0.0692. The number of benzene rings is 2. The van der Waals surface area contributed by atoms with Crippen molar-refractivity contribution in [2.45, 2.75) is 0 Å². The summed E-state index contributed by atoms with van der Waals surface area (Å²) in [5.74, 6) is -2.00. The molecule has 8 heteroatoms. The fourth-order valence-corrected chi connectivity index (χ4v) is 2.39. The second kappa shape index (κ2) is 6.52. The molecule has 26 heavy (non-hydrogen) atoms. The summed E-state index contributed by atoms with van der Waals surface area (Å²) in [6.45, 7) is 0. The van der Waals surface area contributed by atoms with E-state index in [1.165, 1.54) is 36.4 Å². The average Bonchev–Trinajstić information content (AvgIpc) is 2.61. The van der Waals surface area contributed by atoms with Gasteiger partial charge in [0.1, 0.15) is 17.1 Å². The molecule has 0 saturated heterocycles. The fourth-order valence-electron chi connectivity index (χ4n) is 2.39. The summed E-state index contributed by atoms with van der Waals surface area (Å²) in [5, 5.41) is 16.8. The van der Waals surface area contributed by atoms with Gasteiger partial charge in [0.15, 0.2) is 0 Å². The van der Waals surface area contributed by atoms with Gasteiger partial charge < -0.3 is 20.6 Å². The lowest BCUT2D eigenvalue weighted by Crippen LogP contribution is -2.17. The number of hydrogen-bond donors (Lipinski definition) is 4. The van der Waals surface area contributed by atoms with Gasteiger partial charge in [-0.3, -0.25) is 10.2 Å². The zero-order valence-corrected chi connectivity index (χ0v) is 13.3. The van der Waals surface area contributed by atoms with Gasteiger partial charge >= 0.3 is 11.9 Å². The van der Waals surface area contributed by atoms with Gasteiger partial charge in [-0.05, 0) is 36.4 Å². The molecule has 0 radical (unpaired) electrons. The molecule has 0 unspecified atom stereocenters. The summed E-state index contributed by atoms with van der Waals surface area (Å²) in [6, 6.07) is 11.8. The number of H-pyrrole nitrogens is 1. The lowest BCUT2D eigenvalue weighted by Gasteiger charge is -2.07. The summed E-state index contributed by atoms with van der Waals surface area (Å²) in [6.07, 6.45) is 0. The fraction of sp³-hybridized carbons (Fsp3) is 0. The minimum absolute atomic E-state index is 0.171. The van der Waals surface area contributed by atoms with Crippen LogP contribution in [0.3, 0.4) is 0 Å². The van der Waals surface area contributed by atoms with Gasteiger partial charge in [0.05, 0.1) is 5.56 Å². The SMILES string of the molecule is N=C(N)c1cccc(C(=O)Oc2ccc3[nH]c(=O)c(C(=O)O)cc3c2)c1. The molecule has 130 valence electrons. The Balaban J connectivity index is 1.93. The summed E-state index contributed by atoms with van der Waals surface area (Å²) >= 11 is 0. The van der Waals surface area contributed by atoms with Crippen LogP contribution in [0.2, 0.25) is 0 Å². The maximum atomic E-state index is 12.3. The number of ether oxygens (including phenoxy) is 1. The number of aromatic amines is 1. The molecule has 0 spiro atoms. The molecule has 3 rings (SSSR count). The standard InChI is InChI=1S/C18H13N3O5/c19-15(20)9-2-1-3-10(6-9)18(25)26-12-4-5-14-11(7-12)8-13(17(23)24)16(22)21-14/h1-8H,(H3,19,20)(H,21,22)(H,23,24). The van der Waals surface area contributed by atoms with E-state index in [1.54, 1.807) is 12.1 Å². The van der Waals surface area contributed by atoms with Crippen molar-refractivity contribution in [1.29, 1.82) is 5.41 Å². The molecule has 3 aromatic rings. The third-order valence-corrected chi connectivity index (χ3v) is 3.67. The Hall–Kier alpha value is -3.94. The topological polar surface area (TPSA) is 146 Å². The van der Waals surface area contributed by atoms with Crippen molar-refractivity contribution in [3.05, 3.63) is 75.6 Å². The van der Waals surface area contributed by atoms with E-state index < -0.39 is 23.1 Å². The van der Waals surface area contributed by atoms with E-state index in [2.05, 4.69) is 4.98 Å². The maximum Gasteiger partial charge on any atom is 0.343 e. The van der Waals surface area contributed by atoms with Crippen LogP contribution in [0.4, 0.5) is 0 Å². The molecule has 0 aliphatic rings. The van der Waals surface area contributed by atoms with Crippen LogP contribution in [0.25, 0.3) is 10.9 Å². The summed E-state index contributed by atoms with van der Waals surface area (Å²) in [5.41, 5.74) is 5.30. The molecule has 5 N–H and O–H groups in total. The van der Waals surface area contributed by atoms with Crippen molar-refractivity contribution in [1.82, 2.24) is 4.98 Å². The van der Waals surface area contributed by atoms with Crippen molar-refractivity contribution < 1.29 is 19.4 Å². The van der Waals surface area contributed by atoms with Crippen molar-refractivity contribution in [2.24, 2.45) is 5.73 Å². The number of carbonyl (C=O) groups is 2. The average molecular weight is 351 g/mol. The molecule has 0 saturated carbocycles. The normalized spacial score (nSPS) is 10.5. The number of pyridine rings is 1. The molecular formula is C18H13N3O5. The molecule has 0 aliphatic heterocycles. The minimum atomic E-state index is -1.35. The number of nitrogen functional groups attached to an aromatic ring is 1. The van der Waals surface area contributed by atoms with E-state index in [4.69, 9.17) is 21.0 Å². The van der Waals surface area contributed by atoms with Crippen LogP contribution in [0.5, 0.6) is 5.75 Å². The van der Waals surface area contributed by atoms with Crippen LogP contribution in [-0.4, -0.2) is 27.9 Å². The maximum absolute atomic E-state index is 12.3. The highest BCUT2D eigenvalue weighted by molar-refractivity contribution is 5.99. The van der Waals surface area contributed by atoms with E-state index in [0.29, 0.717) is 16.5 Å². The Labute approximate surface area is 146 Å². The first kappa shape index (κ1) is 16.9. The number of esters is 1. The number of hydrogen-bond acceptors (Lipinski definition) is 5. The molecular weight excluding hydrogens is 338 g/mol. The number of rotatable bonds is 4. The Kier molecular flexibility index (Phi) is 4.24. The Morgan fingerprint density at radius 3 is 2.50 bits per heavy atom. The first-order valence-corrected chi connectivity index (χ1v) is 7.42. The van der Waals surface area contributed by atoms with Crippen LogP contribution in [0, 0.1) is 5.41 Å². The van der Waals surface area contributed by atoms with Gasteiger partial charge in [0.25, 0.3) is 5.56 Å². The molecule has 0 fully saturated rings. The molecule has 1 heterocycles. The Morgan fingerprint density at radius 2 is 1.81 bits per heavy atom. The van der Waals surface area contributed by atoms with Crippen LogP contribution in [0.1, 0.15) is 26.3 Å². The number of nitrogens with one attached hydrogen (secondary N) is 2. The summed E-state index contributed by atoms with van der Waals surface area (Å²) < 4.78 is 5.28. The minimum Gasteiger partial charge on any atom is -0.477 e. The molecule has 2 aromatic carbocycles. The van der Waals surface area contributed by atoms with Crippen molar-refractivity contribution in [3.63, 3.8) is 0 Å². The highest BCUT2D eigenvalue weighted by Crippen LogP contribution is 2.20. The monoisotopic (exact) mass is 351 g/mol. The predicted molar refractivity (Wildman–Crippen MR) is 93.9 cm³/mol. The number of carbonyl (C=O) groups excluding carboxylic acids is 1. The van der Waals surface area contributed by atoms with Gasteiger partial charge in [-0.15, -0.1) is 0 Å². The third kappa shape index (κ3) is 3.29. The number of carboxylic acid groups (broad SMARTS) is 1. The first-order valence-electron chi connectivity index (χ1n) is 7.42. The van der Waals surface area contributed by atoms with Gasteiger partial charge in [-0.25, -0.2) is 9.59 Å². The molecule has 8 nitrogen and oxygen atoms in total. The zero-order valence-electron chi connectivity index (χ0n) is 13.3. The number of carboxylic acids is 1. The Bertz CT molecular complexity index is 1120. The van der Waals surface area contributed by atoms with Crippen LogP contribution >= 0.6 is 0 Å². The highest BCUT2D eigenvalue weighted by atomic mass is 16.5. The van der Waals surface area contributed by atoms with Crippen LogP contribution in [-0.2, 0) is 0 Å². The van der Waals surface area contributed by atoms with Crippen LogP contribution < -0.4 is 16.0 Å². The highest BCUT2D eigenvalue weighted by Gasteiger charge is 2.13. The molecule has 0 amide bonds.